The minimum Gasteiger partial charge on any atom is -0.355 e. The second kappa shape index (κ2) is 8.81. The number of aromatic nitrogens is 1. The Morgan fingerprint density at radius 1 is 0.818 bits per heavy atom. The second-order valence-corrected chi connectivity index (χ2v) is 9.83. The molecule has 0 atom stereocenters. The van der Waals surface area contributed by atoms with Crippen molar-refractivity contribution in [3.8, 4) is 11.3 Å². The largest absolute Gasteiger partial charge is 0.355 e. The predicted molar refractivity (Wildman–Crippen MR) is 136 cm³/mol. The van der Waals surface area contributed by atoms with Crippen LogP contribution in [0, 0.1) is 0 Å². The highest BCUT2D eigenvalue weighted by molar-refractivity contribution is 5.85. The van der Waals surface area contributed by atoms with Crippen LogP contribution in [-0.2, 0) is 0 Å². The highest BCUT2D eigenvalue weighted by Gasteiger charge is 2.38. The summed E-state index contributed by atoms with van der Waals surface area (Å²) in [4.78, 5) is 15.0. The number of benzene rings is 2. The first-order valence-corrected chi connectivity index (χ1v) is 12.3. The number of rotatable bonds is 4. The van der Waals surface area contributed by atoms with Crippen LogP contribution in [0.25, 0.3) is 22.2 Å². The maximum absolute atomic E-state index is 4.96. The molecule has 5 nitrogen and oxygen atoms in total. The Kier molecular flexibility index (Phi) is 5.52. The Morgan fingerprint density at radius 3 is 2.55 bits per heavy atom. The van der Waals surface area contributed by atoms with Crippen molar-refractivity contribution in [1.29, 1.82) is 0 Å². The number of likely N-dealkylation sites (N-methyl/N-ethyl adjacent to an activating group) is 1. The Labute approximate surface area is 196 Å². The van der Waals surface area contributed by atoms with E-state index in [1.807, 2.05) is 6.07 Å². The standard InChI is InChI=1S/C28H33N5/c1-30-12-5-13-31(15-14-30)25-18-26(19-25)33-17-16-32(21-33)24-10-8-23-9-11-27(29-28(23)20-24)22-6-3-2-4-7-22/h2-4,6-11,16-17,20,25-26H,5,12-15,18-19,21H2,1H3. The van der Waals surface area contributed by atoms with E-state index in [1.165, 1.54) is 56.5 Å². The highest BCUT2D eigenvalue weighted by atomic mass is 15.4. The van der Waals surface area contributed by atoms with Gasteiger partial charge in [-0.15, -0.1) is 0 Å². The van der Waals surface area contributed by atoms with E-state index >= 15 is 0 Å². The maximum Gasteiger partial charge on any atom is 0.0944 e. The lowest BCUT2D eigenvalue weighted by Crippen LogP contribution is -2.53. The van der Waals surface area contributed by atoms with E-state index in [1.54, 1.807) is 0 Å². The normalized spacial score (nSPS) is 24.3. The summed E-state index contributed by atoms with van der Waals surface area (Å²) >= 11 is 0. The third kappa shape index (κ3) is 4.23. The van der Waals surface area contributed by atoms with Gasteiger partial charge >= 0.3 is 0 Å². The number of fused-ring (bicyclic) bond motifs is 1. The lowest BCUT2D eigenvalue weighted by atomic mass is 9.84. The highest BCUT2D eigenvalue weighted by Crippen LogP contribution is 2.34. The molecule has 3 aromatic rings. The van der Waals surface area contributed by atoms with Gasteiger partial charge in [0.15, 0.2) is 0 Å². The molecule has 2 fully saturated rings. The molecular weight excluding hydrogens is 406 g/mol. The Balaban J connectivity index is 1.11. The zero-order chi connectivity index (χ0) is 22.2. The van der Waals surface area contributed by atoms with Gasteiger partial charge in [0.1, 0.15) is 0 Å². The fraction of sp³-hybridized carbons (Fsp3) is 0.393. The van der Waals surface area contributed by atoms with Crippen molar-refractivity contribution in [2.75, 3.05) is 44.8 Å². The molecule has 0 spiro atoms. The fourth-order valence-corrected chi connectivity index (χ4v) is 5.45. The van der Waals surface area contributed by atoms with Crippen LogP contribution in [0.1, 0.15) is 19.3 Å². The summed E-state index contributed by atoms with van der Waals surface area (Å²) in [5, 5.41) is 1.18. The molecule has 3 heterocycles. The molecule has 1 aliphatic carbocycles. The van der Waals surface area contributed by atoms with E-state index < -0.39 is 0 Å². The smallest absolute Gasteiger partial charge is 0.0944 e. The van der Waals surface area contributed by atoms with Crippen LogP contribution >= 0.6 is 0 Å². The summed E-state index contributed by atoms with van der Waals surface area (Å²) < 4.78 is 0. The minimum absolute atomic E-state index is 0.667. The van der Waals surface area contributed by atoms with Gasteiger partial charge in [-0.1, -0.05) is 42.5 Å². The summed E-state index contributed by atoms with van der Waals surface area (Å²) in [6.07, 6.45) is 8.41. The van der Waals surface area contributed by atoms with Crippen LogP contribution in [0.4, 0.5) is 5.69 Å². The summed E-state index contributed by atoms with van der Waals surface area (Å²) in [6, 6.07) is 22.8. The molecule has 33 heavy (non-hydrogen) atoms. The molecule has 0 amide bonds. The third-order valence-corrected chi connectivity index (χ3v) is 7.66. The van der Waals surface area contributed by atoms with Crippen LogP contribution in [0.3, 0.4) is 0 Å². The topological polar surface area (TPSA) is 25.9 Å². The monoisotopic (exact) mass is 439 g/mol. The Hall–Kier alpha value is -2.89. The molecule has 3 aliphatic rings. The molecule has 1 aromatic heterocycles. The van der Waals surface area contributed by atoms with Gasteiger partial charge in [-0.05, 0) is 57.6 Å². The van der Waals surface area contributed by atoms with Crippen LogP contribution in [-0.4, -0.2) is 71.7 Å². The molecule has 6 rings (SSSR count). The lowest BCUT2D eigenvalue weighted by Gasteiger charge is -2.46. The van der Waals surface area contributed by atoms with Crippen molar-refractivity contribution in [2.24, 2.45) is 0 Å². The molecule has 2 aromatic carbocycles. The molecule has 1 saturated heterocycles. The predicted octanol–water partition coefficient (Wildman–Crippen LogP) is 4.62. The van der Waals surface area contributed by atoms with Crippen molar-refractivity contribution in [2.45, 2.75) is 31.3 Å². The molecule has 5 heteroatoms. The molecular formula is C28H33N5. The molecule has 170 valence electrons. The first-order chi connectivity index (χ1) is 16.2. The zero-order valence-electron chi connectivity index (χ0n) is 19.5. The Bertz CT molecular complexity index is 1140. The van der Waals surface area contributed by atoms with Crippen molar-refractivity contribution < 1.29 is 0 Å². The first kappa shape index (κ1) is 20.7. The van der Waals surface area contributed by atoms with Crippen LogP contribution < -0.4 is 4.90 Å². The van der Waals surface area contributed by atoms with E-state index in [0.717, 1.165) is 29.5 Å². The lowest BCUT2D eigenvalue weighted by molar-refractivity contribution is 0.0577. The van der Waals surface area contributed by atoms with E-state index in [-0.39, 0.29) is 0 Å². The van der Waals surface area contributed by atoms with Gasteiger partial charge in [-0.3, -0.25) is 4.90 Å². The second-order valence-electron chi connectivity index (χ2n) is 9.83. The summed E-state index contributed by atoms with van der Waals surface area (Å²) in [5.41, 5.74) is 4.45. The van der Waals surface area contributed by atoms with Gasteiger partial charge in [0.25, 0.3) is 0 Å². The average molecular weight is 440 g/mol. The maximum atomic E-state index is 4.96. The summed E-state index contributed by atoms with van der Waals surface area (Å²) in [6.45, 7) is 5.87. The number of nitrogens with zero attached hydrogens (tertiary/aromatic N) is 5. The number of anilines is 1. The van der Waals surface area contributed by atoms with Gasteiger partial charge < -0.3 is 14.7 Å². The number of hydrogen-bond acceptors (Lipinski definition) is 5. The van der Waals surface area contributed by atoms with Gasteiger partial charge in [0.05, 0.1) is 17.9 Å². The van der Waals surface area contributed by atoms with Crippen LogP contribution in [0.15, 0.2) is 73.1 Å². The molecule has 0 radical (unpaired) electrons. The van der Waals surface area contributed by atoms with Gasteiger partial charge in [-0.25, -0.2) is 4.98 Å². The molecule has 0 N–H and O–H groups in total. The third-order valence-electron chi connectivity index (χ3n) is 7.66. The minimum atomic E-state index is 0.667. The number of hydrogen-bond donors (Lipinski definition) is 0. The van der Waals surface area contributed by atoms with Crippen molar-refractivity contribution in [3.63, 3.8) is 0 Å². The van der Waals surface area contributed by atoms with E-state index in [4.69, 9.17) is 4.98 Å². The van der Waals surface area contributed by atoms with Crippen molar-refractivity contribution in [1.82, 2.24) is 19.7 Å². The van der Waals surface area contributed by atoms with Gasteiger partial charge in [0, 0.05) is 54.2 Å². The first-order valence-electron chi connectivity index (χ1n) is 12.3. The molecule has 2 aliphatic heterocycles. The van der Waals surface area contributed by atoms with Crippen LogP contribution in [0.2, 0.25) is 0 Å². The quantitative estimate of drug-likeness (QED) is 0.591. The van der Waals surface area contributed by atoms with Gasteiger partial charge in [0.2, 0.25) is 0 Å². The van der Waals surface area contributed by atoms with E-state index in [2.05, 4.69) is 93.6 Å². The molecule has 0 unspecified atom stereocenters. The molecule has 0 bridgehead atoms. The molecule has 1 saturated carbocycles. The summed E-state index contributed by atoms with van der Waals surface area (Å²) in [5.74, 6) is 0. The van der Waals surface area contributed by atoms with Gasteiger partial charge in [-0.2, -0.15) is 0 Å². The fourth-order valence-electron chi connectivity index (χ4n) is 5.45. The summed E-state index contributed by atoms with van der Waals surface area (Å²) in [7, 11) is 2.25. The van der Waals surface area contributed by atoms with Crippen molar-refractivity contribution >= 4 is 16.6 Å². The number of pyridine rings is 1. The Morgan fingerprint density at radius 2 is 1.67 bits per heavy atom. The van der Waals surface area contributed by atoms with E-state index in [9.17, 15) is 0 Å². The SMILES string of the molecule is CN1CCCN(C2CC(N3C=CN(c4ccc5ccc(-c6ccccc6)nc5c4)C3)C2)CC1. The van der Waals surface area contributed by atoms with Crippen molar-refractivity contribution in [3.05, 3.63) is 73.1 Å². The van der Waals surface area contributed by atoms with E-state index in [0.29, 0.717) is 6.04 Å². The van der Waals surface area contributed by atoms with Crippen LogP contribution in [0.5, 0.6) is 0 Å². The average Bonchev–Trinajstić information content (AvgIpc) is 3.21. The zero-order valence-corrected chi connectivity index (χ0v) is 19.5.